The Kier molecular flexibility index (Phi) is 4.57. The third kappa shape index (κ3) is 3.13. The molecule has 1 aromatic rings. The van der Waals surface area contributed by atoms with Crippen LogP contribution in [0.5, 0.6) is 11.5 Å². The molecule has 0 radical (unpaired) electrons. The average Bonchev–Trinajstić information content (AvgIpc) is 3.01. The van der Waals surface area contributed by atoms with Crippen LogP contribution in [-0.2, 0) is 14.3 Å². The highest BCUT2D eigenvalue weighted by molar-refractivity contribution is 5.95. The third-order valence-electron chi connectivity index (χ3n) is 3.74. The number of benzene rings is 1. The van der Waals surface area contributed by atoms with Crippen LogP contribution >= 0.6 is 0 Å². The second kappa shape index (κ2) is 6.79. The van der Waals surface area contributed by atoms with Gasteiger partial charge in [0.15, 0.2) is 11.5 Å². The number of allylic oxidation sites excluding steroid dienone is 1. The van der Waals surface area contributed by atoms with Crippen LogP contribution in [0.25, 0.3) is 0 Å². The van der Waals surface area contributed by atoms with Crippen LogP contribution < -0.4 is 20.1 Å². The molecule has 8 nitrogen and oxygen atoms in total. The molecular formula is C16H18N2O6. The van der Waals surface area contributed by atoms with Crippen LogP contribution in [0.2, 0.25) is 0 Å². The second-order valence-corrected chi connectivity index (χ2v) is 5.31. The fraction of sp³-hybridized carbons (Fsp3) is 0.375. The summed E-state index contributed by atoms with van der Waals surface area (Å²) in [7, 11) is 1.52. The number of urea groups is 1. The van der Waals surface area contributed by atoms with Gasteiger partial charge >= 0.3 is 12.0 Å². The molecule has 0 fully saturated rings. The summed E-state index contributed by atoms with van der Waals surface area (Å²) in [6.07, 6.45) is 0. The first kappa shape index (κ1) is 16.1. The number of esters is 1. The highest BCUT2D eigenvalue weighted by Crippen LogP contribution is 2.36. The molecule has 3 rings (SSSR count). The predicted molar refractivity (Wildman–Crippen MR) is 82.5 cm³/mol. The SMILES string of the molecule is COCCOC(=O)C1=C(C)NC(=O)NC1c1ccc2c(c1)OCO2. The lowest BCUT2D eigenvalue weighted by Crippen LogP contribution is -2.45. The van der Waals surface area contributed by atoms with Gasteiger partial charge in [-0.25, -0.2) is 9.59 Å². The molecule has 2 aliphatic rings. The topological polar surface area (TPSA) is 95.1 Å². The Bertz CT molecular complexity index is 700. The molecule has 24 heavy (non-hydrogen) atoms. The standard InChI is InChI=1S/C16H18N2O6/c1-9-13(15(19)22-6-5-21-2)14(18-16(20)17-9)10-3-4-11-12(7-10)24-8-23-11/h3-4,7,14H,5-6,8H2,1-2H3,(H2,17,18,20). The fourth-order valence-electron chi connectivity index (χ4n) is 2.60. The number of hydrogen-bond donors (Lipinski definition) is 2. The summed E-state index contributed by atoms with van der Waals surface area (Å²) < 4.78 is 20.7. The fourth-order valence-corrected chi connectivity index (χ4v) is 2.60. The van der Waals surface area contributed by atoms with E-state index in [0.29, 0.717) is 34.9 Å². The number of rotatable bonds is 5. The minimum Gasteiger partial charge on any atom is -0.460 e. The van der Waals surface area contributed by atoms with Gasteiger partial charge in [0.25, 0.3) is 0 Å². The monoisotopic (exact) mass is 334 g/mol. The number of hydrogen-bond acceptors (Lipinski definition) is 6. The van der Waals surface area contributed by atoms with Gasteiger partial charge < -0.3 is 29.6 Å². The maximum absolute atomic E-state index is 12.4. The molecule has 0 spiro atoms. The van der Waals surface area contributed by atoms with E-state index in [1.165, 1.54) is 7.11 Å². The molecule has 0 aromatic heterocycles. The van der Waals surface area contributed by atoms with E-state index in [1.807, 2.05) is 0 Å². The van der Waals surface area contributed by atoms with Crippen molar-refractivity contribution in [2.24, 2.45) is 0 Å². The van der Waals surface area contributed by atoms with E-state index in [2.05, 4.69) is 10.6 Å². The van der Waals surface area contributed by atoms with Crippen LogP contribution in [-0.4, -0.2) is 39.1 Å². The Balaban J connectivity index is 1.89. The van der Waals surface area contributed by atoms with E-state index in [9.17, 15) is 9.59 Å². The van der Waals surface area contributed by atoms with Gasteiger partial charge in [-0.05, 0) is 24.6 Å². The summed E-state index contributed by atoms with van der Waals surface area (Å²) in [5, 5.41) is 5.33. The lowest BCUT2D eigenvalue weighted by molar-refractivity contribution is -0.140. The maximum atomic E-state index is 12.4. The molecule has 2 amide bonds. The van der Waals surface area contributed by atoms with Crippen molar-refractivity contribution in [2.75, 3.05) is 27.1 Å². The van der Waals surface area contributed by atoms with Crippen molar-refractivity contribution in [1.29, 1.82) is 0 Å². The maximum Gasteiger partial charge on any atom is 0.338 e. The highest BCUT2D eigenvalue weighted by atomic mass is 16.7. The summed E-state index contributed by atoms with van der Waals surface area (Å²) in [6.45, 7) is 2.24. The largest absolute Gasteiger partial charge is 0.460 e. The summed E-state index contributed by atoms with van der Waals surface area (Å²) in [6, 6.07) is 4.25. The quantitative estimate of drug-likeness (QED) is 0.621. The lowest BCUT2D eigenvalue weighted by atomic mass is 9.95. The third-order valence-corrected chi connectivity index (χ3v) is 3.74. The van der Waals surface area contributed by atoms with Crippen molar-refractivity contribution in [3.8, 4) is 11.5 Å². The molecule has 0 bridgehead atoms. The molecule has 8 heteroatoms. The van der Waals surface area contributed by atoms with Crippen LogP contribution in [0.1, 0.15) is 18.5 Å². The highest BCUT2D eigenvalue weighted by Gasteiger charge is 2.33. The number of nitrogens with one attached hydrogen (secondary N) is 2. The number of carbonyl (C=O) groups excluding carboxylic acids is 2. The molecule has 1 atom stereocenters. The van der Waals surface area contributed by atoms with Crippen molar-refractivity contribution in [3.63, 3.8) is 0 Å². The second-order valence-electron chi connectivity index (χ2n) is 5.31. The number of methoxy groups -OCH3 is 1. The molecule has 2 N–H and O–H groups in total. The average molecular weight is 334 g/mol. The van der Waals surface area contributed by atoms with Gasteiger partial charge in [0.05, 0.1) is 18.2 Å². The normalized spacial score (nSPS) is 18.9. The van der Waals surface area contributed by atoms with Gasteiger partial charge in [-0.1, -0.05) is 6.07 Å². The van der Waals surface area contributed by atoms with Crippen molar-refractivity contribution in [2.45, 2.75) is 13.0 Å². The van der Waals surface area contributed by atoms with Crippen LogP contribution in [0.3, 0.4) is 0 Å². The van der Waals surface area contributed by atoms with Gasteiger partial charge in [0, 0.05) is 12.8 Å². The van der Waals surface area contributed by atoms with Crippen molar-refractivity contribution >= 4 is 12.0 Å². The first-order chi connectivity index (χ1) is 11.6. The summed E-state index contributed by atoms with van der Waals surface area (Å²) in [5.41, 5.74) is 1.49. The Morgan fingerprint density at radius 2 is 2.08 bits per heavy atom. The number of fused-ring (bicyclic) bond motifs is 1. The minimum atomic E-state index is -0.636. The number of ether oxygens (including phenoxy) is 4. The zero-order chi connectivity index (χ0) is 17.1. The Hall–Kier alpha value is -2.74. The smallest absolute Gasteiger partial charge is 0.338 e. The van der Waals surface area contributed by atoms with E-state index in [-0.39, 0.29) is 19.4 Å². The molecule has 2 heterocycles. The minimum absolute atomic E-state index is 0.133. The summed E-state index contributed by atoms with van der Waals surface area (Å²) in [5.74, 6) is 0.689. The Morgan fingerprint density at radius 3 is 2.88 bits per heavy atom. The molecule has 2 aliphatic heterocycles. The van der Waals surface area contributed by atoms with Gasteiger partial charge in [0.1, 0.15) is 6.61 Å². The van der Waals surface area contributed by atoms with Crippen LogP contribution in [0.4, 0.5) is 4.79 Å². The lowest BCUT2D eigenvalue weighted by Gasteiger charge is -2.28. The zero-order valence-corrected chi connectivity index (χ0v) is 13.4. The van der Waals surface area contributed by atoms with E-state index >= 15 is 0 Å². The van der Waals surface area contributed by atoms with Gasteiger partial charge in [0.2, 0.25) is 6.79 Å². The first-order valence-electron chi connectivity index (χ1n) is 7.44. The van der Waals surface area contributed by atoms with Crippen LogP contribution in [0, 0.1) is 0 Å². The first-order valence-corrected chi connectivity index (χ1v) is 7.44. The number of amides is 2. The van der Waals surface area contributed by atoms with E-state index in [0.717, 1.165) is 0 Å². The van der Waals surface area contributed by atoms with Crippen LogP contribution in [0.15, 0.2) is 29.5 Å². The molecule has 0 saturated heterocycles. The van der Waals surface area contributed by atoms with Crippen molar-refractivity contribution in [1.82, 2.24) is 10.6 Å². The number of carbonyl (C=O) groups is 2. The van der Waals surface area contributed by atoms with Crippen molar-refractivity contribution < 1.29 is 28.5 Å². The van der Waals surface area contributed by atoms with E-state index in [1.54, 1.807) is 25.1 Å². The van der Waals surface area contributed by atoms with E-state index < -0.39 is 12.0 Å². The molecule has 0 aliphatic carbocycles. The van der Waals surface area contributed by atoms with Crippen molar-refractivity contribution in [3.05, 3.63) is 35.0 Å². The molecule has 1 unspecified atom stereocenters. The zero-order valence-electron chi connectivity index (χ0n) is 13.4. The van der Waals surface area contributed by atoms with Gasteiger partial charge in [-0.15, -0.1) is 0 Å². The molecule has 1 aromatic carbocycles. The predicted octanol–water partition coefficient (Wildman–Crippen LogP) is 1.23. The molecular weight excluding hydrogens is 316 g/mol. The Labute approximate surface area is 138 Å². The summed E-state index contributed by atoms with van der Waals surface area (Å²) >= 11 is 0. The van der Waals surface area contributed by atoms with Gasteiger partial charge in [-0.3, -0.25) is 0 Å². The Morgan fingerprint density at radius 1 is 1.29 bits per heavy atom. The van der Waals surface area contributed by atoms with Gasteiger partial charge in [-0.2, -0.15) is 0 Å². The summed E-state index contributed by atoms with van der Waals surface area (Å²) in [4.78, 5) is 24.3. The molecule has 0 saturated carbocycles. The van der Waals surface area contributed by atoms with E-state index in [4.69, 9.17) is 18.9 Å². The molecule has 128 valence electrons.